The molecule has 3 fully saturated rings. The number of para-hydroxylation sites is 2. The predicted molar refractivity (Wildman–Crippen MR) is 129 cm³/mol. The highest BCUT2D eigenvalue weighted by molar-refractivity contribution is 14.0. The summed E-state index contributed by atoms with van der Waals surface area (Å²) in [6.45, 7) is 7.49. The third-order valence-electron chi connectivity index (χ3n) is 6.80. The van der Waals surface area contributed by atoms with Gasteiger partial charge in [0.15, 0.2) is 5.96 Å². The lowest BCUT2D eigenvalue weighted by Crippen LogP contribution is -2.71. The van der Waals surface area contributed by atoms with Crippen LogP contribution in [-0.4, -0.2) is 58.0 Å². The van der Waals surface area contributed by atoms with E-state index in [0.29, 0.717) is 24.1 Å². The van der Waals surface area contributed by atoms with Gasteiger partial charge in [-0.25, -0.2) is 0 Å². The fourth-order valence-corrected chi connectivity index (χ4v) is 5.31. The summed E-state index contributed by atoms with van der Waals surface area (Å²) < 4.78 is 11.6. The van der Waals surface area contributed by atoms with E-state index in [4.69, 9.17) is 9.47 Å². The van der Waals surface area contributed by atoms with Gasteiger partial charge in [-0.05, 0) is 31.4 Å². The van der Waals surface area contributed by atoms with Crippen molar-refractivity contribution < 1.29 is 9.47 Å². The van der Waals surface area contributed by atoms with Crippen LogP contribution >= 0.6 is 24.0 Å². The first-order valence-electron chi connectivity index (χ1n) is 10.5. The molecule has 4 unspecified atom stereocenters. The molecule has 0 amide bonds. The highest BCUT2D eigenvalue weighted by Gasteiger charge is 2.58. The van der Waals surface area contributed by atoms with Crippen LogP contribution in [0.25, 0.3) is 0 Å². The van der Waals surface area contributed by atoms with Crippen molar-refractivity contribution in [2.45, 2.75) is 51.3 Å². The van der Waals surface area contributed by atoms with Crippen LogP contribution in [-0.2, 0) is 4.74 Å². The number of nitrogens with zero attached hydrogens (tertiary/aromatic N) is 2. The summed E-state index contributed by atoms with van der Waals surface area (Å²) in [4.78, 5) is 6.91. The normalized spacial score (nSPS) is 30.6. The molecule has 2 aliphatic heterocycles. The maximum absolute atomic E-state index is 6.04. The van der Waals surface area contributed by atoms with E-state index in [0.717, 1.165) is 44.2 Å². The Labute approximate surface area is 191 Å². The fraction of sp³-hybridized carbons (Fsp3) is 0.682. The number of methoxy groups -OCH3 is 1. The number of benzene rings is 1. The molecule has 0 spiro atoms. The highest BCUT2D eigenvalue weighted by atomic mass is 127. The van der Waals surface area contributed by atoms with Gasteiger partial charge in [-0.15, -0.1) is 24.0 Å². The van der Waals surface area contributed by atoms with Crippen LogP contribution in [0.2, 0.25) is 0 Å². The first-order chi connectivity index (χ1) is 13.5. The standard InChI is InChI=1S/C22H34N4O2.HI/c1-22(2)19(16-8-7-13-28-20(16)22)25-21(23-3)24-15-11-12-26(14-15)17-9-5-6-10-18(17)27-4;/h5-6,9-10,15-16,19-20H,7-8,11-14H2,1-4H3,(H2,23,24,25);1H. The lowest BCUT2D eigenvalue weighted by Gasteiger charge is -2.60. The molecule has 1 saturated carbocycles. The van der Waals surface area contributed by atoms with Gasteiger partial charge in [0.25, 0.3) is 0 Å². The highest BCUT2D eigenvalue weighted by Crippen LogP contribution is 2.51. The van der Waals surface area contributed by atoms with Gasteiger partial charge in [0.1, 0.15) is 5.75 Å². The topological polar surface area (TPSA) is 58.1 Å². The molecule has 0 bridgehead atoms. The Hall–Kier alpha value is -1.22. The average Bonchev–Trinajstić information content (AvgIpc) is 3.19. The van der Waals surface area contributed by atoms with E-state index in [1.807, 2.05) is 19.2 Å². The van der Waals surface area contributed by atoms with E-state index in [2.05, 4.69) is 46.5 Å². The molecule has 2 saturated heterocycles. The third-order valence-corrected chi connectivity index (χ3v) is 6.80. The van der Waals surface area contributed by atoms with Crippen LogP contribution in [0.15, 0.2) is 29.3 Å². The minimum absolute atomic E-state index is 0. The van der Waals surface area contributed by atoms with Crippen molar-refractivity contribution in [3.8, 4) is 5.75 Å². The summed E-state index contributed by atoms with van der Waals surface area (Å²) in [7, 11) is 3.60. The fourth-order valence-electron chi connectivity index (χ4n) is 5.31. The average molecular weight is 514 g/mol. The van der Waals surface area contributed by atoms with E-state index in [1.165, 1.54) is 12.1 Å². The zero-order valence-corrected chi connectivity index (χ0v) is 20.3. The number of aliphatic imine (C=N–C) groups is 1. The number of nitrogens with one attached hydrogen (secondary N) is 2. The first-order valence-corrected chi connectivity index (χ1v) is 10.5. The second-order valence-corrected chi connectivity index (χ2v) is 8.86. The molecular weight excluding hydrogens is 479 g/mol. The second kappa shape index (κ2) is 9.29. The van der Waals surface area contributed by atoms with Crippen molar-refractivity contribution in [3.63, 3.8) is 0 Å². The van der Waals surface area contributed by atoms with Crippen LogP contribution in [0.5, 0.6) is 5.75 Å². The van der Waals surface area contributed by atoms with Crippen LogP contribution < -0.4 is 20.3 Å². The monoisotopic (exact) mass is 514 g/mol. The van der Waals surface area contributed by atoms with E-state index in [1.54, 1.807) is 7.11 Å². The summed E-state index contributed by atoms with van der Waals surface area (Å²) in [5, 5.41) is 7.36. The Balaban J connectivity index is 0.00000240. The van der Waals surface area contributed by atoms with Crippen LogP contribution in [0.3, 0.4) is 0 Å². The van der Waals surface area contributed by atoms with Crippen molar-refractivity contribution in [3.05, 3.63) is 24.3 Å². The number of fused-ring (bicyclic) bond motifs is 1. The van der Waals surface area contributed by atoms with Crippen molar-refractivity contribution in [1.29, 1.82) is 0 Å². The Morgan fingerprint density at radius 1 is 1.24 bits per heavy atom. The van der Waals surface area contributed by atoms with Gasteiger partial charge in [-0.3, -0.25) is 4.99 Å². The van der Waals surface area contributed by atoms with Crippen molar-refractivity contribution >= 4 is 35.6 Å². The summed E-state index contributed by atoms with van der Waals surface area (Å²) in [6.07, 6.45) is 3.87. The molecule has 1 aromatic rings. The maximum Gasteiger partial charge on any atom is 0.191 e. The van der Waals surface area contributed by atoms with E-state index < -0.39 is 0 Å². The van der Waals surface area contributed by atoms with Gasteiger partial charge >= 0.3 is 0 Å². The summed E-state index contributed by atoms with van der Waals surface area (Å²) in [6, 6.07) is 9.03. The number of rotatable bonds is 4. The molecular formula is C22H35IN4O2. The smallest absolute Gasteiger partial charge is 0.191 e. The van der Waals surface area contributed by atoms with Crippen molar-refractivity contribution in [1.82, 2.24) is 10.6 Å². The molecule has 4 atom stereocenters. The van der Waals surface area contributed by atoms with Gasteiger partial charge in [-0.2, -0.15) is 0 Å². The lowest BCUT2D eigenvalue weighted by molar-refractivity contribution is -0.188. The molecule has 2 heterocycles. The van der Waals surface area contributed by atoms with Crippen LogP contribution in [0, 0.1) is 11.3 Å². The van der Waals surface area contributed by atoms with E-state index >= 15 is 0 Å². The number of halogens is 1. The summed E-state index contributed by atoms with van der Waals surface area (Å²) in [5.41, 5.74) is 1.31. The molecule has 4 rings (SSSR count). The summed E-state index contributed by atoms with van der Waals surface area (Å²) >= 11 is 0. The Morgan fingerprint density at radius 3 is 2.79 bits per heavy atom. The zero-order chi connectivity index (χ0) is 19.7. The number of guanidine groups is 1. The molecule has 0 aromatic heterocycles. The minimum atomic E-state index is 0. The van der Waals surface area contributed by atoms with Gasteiger partial charge < -0.3 is 25.0 Å². The van der Waals surface area contributed by atoms with Crippen molar-refractivity contribution in [2.75, 3.05) is 38.8 Å². The molecule has 1 aromatic carbocycles. The van der Waals surface area contributed by atoms with Crippen LogP contribution in [0.1, 0.15) is 33.1 Å². The van der Waals surface area contributed by atoms with Gasteiger partial charge in [0, 0.05) is 50.2 Å². The van der Waals surface area contributed by atoms with E-state index in [-0.39, 0.29) is 29.4 Å². The van der Waals surface area contributed by atoms with E-state index in [9.17, 15) is 0 Å². The zero-order valence-electron chi connectivity index (χ0n) is 18.0. The van der Waals surface area contributed by atoms with Crippen molar-refractivity contribution in [2.24, 2.45) is 16.3 Å². The minimum Gasteiger partial charge on any atom is -0.495 e. The van der Waals surface area contributed by atoms with Gasteiger partial charge in [0.05, 0.1) is 18.9 Å². The molecule has 1 aliphatic carbocycles. The molecule has 29 heavy (non-hydrogen) atoms. The molecule has 162 valence electrons. The van der Waals surface area contributed by atoms with Gasteiger partial charge in [-0.1, -0.05) is 26.0 Å². The Kier molecular flexibility index (Phi) is 7.19. The number of anilines is 1. The lowest BCUT2D eigenvalue weighted by atomic mass is 9.55. The largest absolute Gasteiger partial charge is 0.495 e. The molecule has 2 N–H and O–H groups in total. The second-order valence-electron chi connectivity index (χ2n) is 8.86. The summed E-state index contributed by atoms with van der Waals surface area (Å²) in [5.74, 6) is 2.44. The first kappa shape index (κ1) is 22.5. The number of hydrogen-bond donors (Lipinski definition) is 2. The maximum atomic E-state index is 6.04. The SMILES string of the molecule is CN=C(NC1CCN(c2ccccc2OC)C1)NC1C2CCCOC2C1(C)C.I. The predicted octanol–water partition coefficient (Wildman–Crippen LogP) is 3.26. The number of hydrogen-bond acceptors (Lipinski definition) is 4. The van der Waals surface area contributed by atoms with Gasteiger partial charge in [0.2, 0.25) is 0 Å². The Morgan fingerprint density at radius 2 is 2.03 bits per heavy atom. The molecule has 0 radical (unpaired) electrons. The Bertz CT molecular complexity index is 727. The molecule has 6 nitrogen and oxygen atoms in total. The molecule has 3 aliphatic rings. The molecule has 7 heteroatoms. The quantitative estimate of drug-likeness (QED) is 0.367. The number of ether oxygens (including phenoxy) is 2. The third kappa shape index (κ3) is 4.31. The van der Waals surface area contributed by atoms with Crippen LogP contribution in [0.4, 0.5) is 5.69 Å².